The van der Waals surface area contributed by atoms with Crippen molar-refractivity contribution in [2.75, 3.05) is 38.1 Å². The third-order valence-electron chi connectivity index (χ3n) is 6.35. The lowest BCUT2D eigenvalue weighted by molar-refractivity contribution is 0.325. The van der Waals surface area contributed by atoms with Crippen molar-refractivity contribution in [1.29, 1.82) is 0 Å². The Morgan fingerprint density at radius 1 is 1.09 bits per heavy atom. The van der Waals surface area contributed by atoms with Crippen LogP contribution in [-0.2, 0) is 6.42 Å². The highest BCUT2D eigenvalue weighted by molar-refractivity contribution is 7.19. The number of rotatable bonds is 6. The van der Waals surface area contributed by atoms with Gasteiger partial charge in [0, 0.05) is 25.6 Å². The summed E-state index contributed by atoms with van der Waals surface area (Å²) in [6.07, 6.45) is 4.65. The van der Waals surface area contributed by atoms with E-state index in [4.69, 9.17) is 9.72 Å². The van der Waals surface area contributed by atoms with Crippen LogP contribution in [0.4, 0.5) is 14.6 Å². The molecule has 1 saturated heterocycles. The number of anilines is 1. The molecular formula is C25H24F2N6OS. The van der Waals surface area contributed by atoms with Crippen LogP contribution in [0, 0.1) is 11.6 Å². The van der Waals surface area contributed by atoms with Gasteiger partial charge in [-0.2, -0.15) is 5.10 Å². The van der Waals surface area contributed by atoms with E-state index in [1.165, 1.54) is 60.4 Å². The average molecular weight is 495 g/mol. The first-order chi connectivity index (χ1) is 17.2. The maximum Gasteiger partial charge on any atom is 0.173 e. The summed E-state index contributed by atoms with van der Waals surface area (Å²) in [4.78, 5) is 13.6. The van der Waals surface area contributed by atoms with E-state index < -0.39 is 11.6 Å². The largest absolute Gasteiger partial charge is 0.491 e. The summed E-state index contributed by atoms with van der Waals surface area (Å²) in [5, 5.41) is 7.64. The van der Waals surface area contributed by atoms with Crippen LogP contribution in [0.25, 0.3) is 27.0 Å². The summed E-state index contributed by atoms with van der Waals surface area (Å²) in [5.41, 5.74) is 2.03. The topological polar surface area (TPSA) is 68.1 Å². The SMILES string of the molecule is Fc1ccc(-n2ncnc2-c2cc3c(s2)-c2nc(NCCN4CCCC4)ccc2OCC3)c(F)c1. The second-order valence-corrected chi connectivity index (χ2v) is 9.73. The fourth-order valence-corrected chi connectivity index (χ4v) is 5.79. The molecule has 1 aromatic carbocycles. The van der Waals surface area contributed by atoms with Gasteiger partial charge in [-0.05, 0) is 61.8 Å². The van der Waals surface area contributed by atoms with E-state index in [1.54, 1.807) is 0 Å². The minimum absolute atomic E-state index is 0.147. The lowest BCUT2D eigenvalue weighted by atomic mass is 10.1. The summed E-state index contributed by atoms with van der Waals surface area (Å²) in [7, 11) is 0. The van der Waals surface area contributed by atoms with E-state index >= 15 is 0 Å². The predicted octanol–water partition coefficient (Wildman–Crippen LogP) is 4.78. The molecule has 0 saturated carbocycles. The molecule has 10 heteroatoms. The smallest absolute Gasteiger partial charge is 0.173 e. The number of pyridine rings is 1. The number of thiophene rings is 1. The molecule has 1 fully saturated rings. The maximum absolute atomic E-state index is 14.5. The number of nitrogens with zero attached hydrogens (tertiary/aromatic N) is 5. The summed E-state index contributed by atoms with van der Waals surface area (Å²) < 4.78 is 35.3. The number of likely N-dealkylation sites (tertiary alicyclic amines) is 1. The van der Waals surface area contributed by atoms with Gasteiger partial charge in [0.05, 0.1) is 16.4 Å². The molecule has 0 atom stereocenters. The molecule has 0 aliphatic carbocycles. The quantitative estimate of drug-likeness (QED) is 0.416. The van der Waals surface area contributed by atoms with Crippen LogP contribution >= 0.6 is 11.3 Å². The van der Waals surface area contributed by atoms with E-state index in [1.807, 2.05) is 18.2 Å². The number of aromatic nitrogens is 4. The monoisotopic (exact) mass is 494 g/mol. The van der Waals surface area contributed by atoms with Crippen molar-refractivity contribution in [2.45, 2.75) is 19.3 Å². The summed E-state index contributed by atoms with van der Waals surface area (Å²) in [6, 6.07) is 9.38. The highest BCUT2D eigenvalue weighted by Gasteiger charge is 2.24. The molecule has 0 unspecified atom stereocenters. The lowest BCUT2D eigenvalue weighted by Crippen LogP contribution is -2.26. The molecule has 3 aromatic heterocycles. The molecule has 0 amide bonds. The van der Waals surface area contributed by atoms with Gasteiger partial charge in [-0.25, -0.2) is 23.4 Å². The molecular weight excluding hydrogens is 470 g/mol. The van der Waals surface area contributed by atoms with E-state index in [-0.39, 0.29) is 5.69 Å². The number of benzene rings is 1. The van der Waals surface area contributed by atoms with Gasteiger partial charge in [0.15, 0.2) is 11.6 Å². The standard InChI is InChI=1S/C25H24F2N6OS/c26-17-3-4-19(18(27)14-17)33-25(29-15-30-33)21-13-16-7-12-34-20-5-6-22(31-23(20)24(16)35-21)28-8-11-32-9-1-2-10-32/h3-6,13-15H,1-2,7-12H2,(H,28,31). The van der Waals surface area contributed by atoms with Crippen molar-refractivity contribution in [3.8, 4) is 32.7 Å². The summed E-state index contributed by atoms with van der Waals surface area (Å²) in [5.74, 6) is 0.721. The second kappa shape index (κ2) is 9.35. The molecule has 7 nitrogen and oxygen atoms in total. The second-order valence-electron chi connectivity index (χ2n) is 8.67. The molecule has 0 spiro atoms. The van der Waals surface area contributed by atoms with E-state index in [9.17, 15) is 8.78 Å². The first kappa shape index (κ1) is 22.1. The molecule has 4 aromatic rings. The fraction of sp³-hybridized carbons (Fsp3) is 0.320. The van der Waals surface area contributed by atoms with Crippen LogP contribution in [0.5, 0.6) is 5.75 Å². The Kier molecular flexibility index (Phi) is 5.91. The number of hydrogen-bond acceptors (Lipinski definition) is 7. The number of hydrogen-bond donors (Lipinski definition) is 1. The van der Waals surface area contributed by atoms with Gasteiger partial charge in [-0.3, -0.25) is 0 Å². The van der Waals surface area contributed by atoms with E-state index in [0.717, 1.165) is 58.2 Å². The maximum atomic E-state index is 14.5. The average Bonchev–Trinajstić information content (AvgIpc) is 3.60. The highest BCUT2D eigenvalue weighted by atomic mass is 32.1. The Morgan fingerprint density at radius 3 is 2.83 bits per heavy atom. The zero-order chi connectivity index (χ0) is 23.8. The van der Waals surface area contributed by atoms with Crippen LogP contribution in [0.15, 0.2) is 42.7 Å². The Bertz CT molecular complexity index is 1360. The molecule has 2 aliphatic heterocycles. The zero-order valence-electron chi connectivity index (χ0n) is 19.0. The molecule has 2 aliphatic rings. The number of nitrogens with one attached hydrogen (secondary N) is 1. The Hall–Kier alpha value is -3.37. The van der Waals surface area contributed by atoms with Crippen molar-refractivity contribution in [3.05, 3.63) is 59.9 Å². The zero-order valence-corrected chi connectivity index (χ0v) is 19.8. The van der Waals surface area contributed by atoms with Crippen LogP contribution in [-0.4, -0.2) is 57.4 Å². The summed E-state index contributed by atoms with van der Waals surface area (Å²) >= 11 is 1.52. The number of ether oxygens (including phenoxy) is 1. The highest BCUT2D eigenvalue weighted by Crippen LogP contribution is 2.43. The van der Waals surface area contributed by atoms with Gasteiger partial charge in [-0.15, -0.1) is 11.3 Å². The van der Waals surface area contributed by atoms with Crippen molar-refractivity contribution >= 4 is 17.2 Å². The van der Waals surface area contributed by atoms with Crippen molar-refractivity contribution in [1.82, 2.24) is 24.6 Å². The normalized spacial score (nSPS) is 15.4. The first-order valence-corrected chi connectivity index (χ1v) is 12.6. The minimum atomic E-state index is -0.695. The molecule has 5 heterocycles. The van der Waals surface area contributed by atoms with Gasteiger partial charge in [-0.1, -0.05) is 0 Å². The van der Waals surface area contributed by atoms with E-state index in [2.05, 4.69) is 20.3 Å². The molecule has 0 radical (unpaired) electrons. The van der Waals surface area contributed by atoms with Crippen LogP contribution in [0.1, 0.15) is 18.4 Å². The molecule has 35 heavy (non-hydrogen) atoms. The van der Waals surface area contributed by atoms with Gasteiger partial charge in [0.2, 0.25) is 0 Å². The number of fused-ring (bicyclic) bond motifs is 3. The van der Waals surface area contributed by atoms with Crippen molar-refractivity contribution < 1.29 is 13.5 Å². The van der Waals surface area contributed by atoms with Gasteiger partial charge >= 0.3 is 0 Å². The van der Waals surface area contributed by atoms with Crippen LogP contribution < -0.4 is 10.1 Å². The van der Waals surface area contributed by atoms with Gasteiger partial charge in [0.25, 0.3) is 0 Å². The molecule has 0 bridgehead atoms. The first-order valence-electron chi connectivity index (χ1n) is 11.7. The van der Waals surface area contributed by atoms with Gasteiger partial charge < -0.3 is 15.0 Å². The third-order valence-corrected chi connectivity index (χ3v) is 7.53. The lowest BCUT2D eigenvalue weighted by Gasteiger charge is -2.15. The fourth-order valence-electron chi connectivity index (χ4n) is 4.61. The third kappa shape index (κ3) is 4.39. The van der Waals surface area contributed by atoms with Crippen molar-refractivity contribution in [2.24, 2.45) is 0 Å². The van der Waals surface area contributed by atoms with Crippen LogP contribution in [0.3, 0.4) is 0 Å². The van der Waals surface area contributed by atoms with Crippen LogP contribution in [0.2, 0.25) is 0 Å². The minimum Gasteiger partial charge on any atom is -0.491 e. The molecule has 180 valence electrons. The summed E-state index contributed by atoms with van der Waals surface area (Å²) in [6.45, 7) is 4.71. The molecule has 6 rings (SSSR count). The van der Waals surface area contributed by atoms with Gasteiger partial charge in [0.1, 0.15) is 35.1 Å². The van der Waals surface area contributed by atoms with E-state index in [0.29, 0.717) is 12.4 Å². The molecule has 1 N–H and O–H groups in total. The predicted molar refractivity (Wildman–Crippen MR) is 131 cm³/mol. The Morgan fingerprint density at radius 2 is 1.97 bits per heavy atom. The van der Waals surface area contributed by atoms with Crippen molar-refractivity contribution in [3.63, 3.8) is 0 Å². The Labute approximate surface area is 205 Å². The number of halogens is 2. The Balaban J connectivity index is 1.31.